The van der Waals surface area contributed by atoms with Crippen LogP contribution in [0.4, 0.5) is 0 Å². The molecule has 0 spiro atoms. The van der Waals surface area contributed by atoms with Crippen molar-refractivity contribution in [3.05, 3.63) is 78.0 Å². The summed E-state index contributed by atoms with van der Waals surface area (Å²) in [7, 11) is 0. The van der Waals surface area contributed by atoms with Gasteiger partial charge in [0.1, 0.15) is 11.4 Å². The zero-order chi connectivity index (χ0) is 19.6. The Morgan fingerprint density at radius 2 is 1.83 bits per heavy atom. The molecule has 0 amide bonds. The van der Waals surface area contributed by atoms with Crippen molar-refractivity contribution in [1.29, 1.82) is 0 Å². The molecule has 0 atom stereocenters. The molecular weight excluding hydrogens is 408 g/mol. The number of halogens is 1. The van der Waals surface area contributed by atoms with E-state index in [1.165, 1.54) is 18.1 Å². The molecular formula is C20H13ClN6OS. The van der Waals surface area contributed by atoms with Crippen molar-refractivity contribution in [3.8, 4) is 17.1 Å². The lowest BCUT2D eigenvalue weighted by molar-refractivity contribution is 0.425. The van der Waals surface area contributed by atoms with E-state index in [0.717, 1.165) is 21.7 Å². The van der Waals surface area contributed by atoms with E-state index in [1.807, 2.05) is 48.5 Å². The smallest absolute Gasteiger partial charge is 0.259 e. The number of rotatable bonds is 5. The van der Waals surface area contributed by atoms with E-state index in [2.05, 4.69) is 25.2 Å². The van der Waals surface area contributed by atoms with Gasteiger partial charge < -0.3 is 4.52 Å². The Morgan fingerprint density at radius 1 is 1.00 bits per heavy atom. The van der Waals surface area contributed by atoms with Gasteiger partial charge in [-0.1, -0.05) is 58.9 Å². The molecule has 0 unspecified atom stereocenters. The van der Waals surface area contributed by atoms with Gasteiger partial charge in [-0.25, -0.2) is 14.6 Å². The first-order valence-electron chi connectivity index (χ1n) is 8.74. The Morgan fingerprint density at radius 3 is 2.69 bits per heavy atom. The standard InChI is InChI=1S/C20H13ClN6OS/c21-16-9-5-4-8-14(16)19-25-17(26-28-19)11-29-20-15-10-24-27(18(15)22-12-23-20)13-6-2-1-3-7-13/h1-10,12H,11H2. The molecule has 0 fully saturated rings. The molecule has 29 heavy (non-hydrogen) atoms. The number of para-hydroxylation sites is 1. The van der Waals surface area contributed by atoms with Gasteiger partial charge in [0.05, 0.1) is 33.6 Å². The van der Waals surface area contributed by atoms with Crippen molar-refractivity contribution < 1.29 is 4.52 Å². The summed E-state index contributed by atoms with van der Waals surface area (Å²) in [6.45, 7) is 0. The molecule has 0 saturated heterocycles. The van der Waals surface area contributed by atoms with Crippen LogP contribution in [0.25, 0.3) is 28.2 Å². The summed E-state index contributed by atoms with van der Waals surface area (Å²) < 4.78 is 7.16. The van der Waals surface area contributed by atoms with Crippen LogP contribution < -0.4 is 0 Å². The minimum Gasteiger partial charge on any atom is -0.334 e. The van der Waals surface area contributed by atoms with E-state index in [0.29, 0.717) is 28.1 Å². The average Bonchev–Trinajstić information content (AvgIpc) is 3.41. The molecule has 0 aliphatic heterocycles. The molecule has 3 aromatic heterocycles. The van der Waals surface area contributed by atoms with Crippen molar-refractivity contribution in [2.24, 2.45) is 0 Å². The molecule has 5 aromatic rings. The van der Waals surface area contributed by atoms with Crippen LogP contribution in [0.3, 0.4) is 0 Å². The fourth-order valence-electron chi connectivity index (χ4n) is 2.89. The highest BCUT2D eigenvalue weighted by molar-refractivity contribution is 7.98. The van der Waals surface area contributed by atoms with Crippen LogP contribution in [0.1, 0.15) is 5.82 Å². The second-order valence-corrected chi connectivity index (χ2v) is 7.46. The van der Waals surface area contributed by atoms with Crippen LogP contribution in [0, 0.1) is 0 Å². The van der Waals surface area contributed by atoms with Crippen LogP contribution in [0.2, 0.25) is 5.02 Å². The third-order valence-corrected chi connectivity index (χ3v) is 5.57. The predicted octanol–water partition coefficient (Wildman–Crippen LogP) is 4.81. The number of thioether (sulfide) groups is 1. The largest absolute Gasteiger partial charge is 0.334 e. The highest BCUT2D eigenvalue weighted by atomic mass is 35.5. The van der Waals surface area contributed by atoms with E-state index in [9.17, 15) is 0 Å². The third-order valence-electron chi connectivity index (χ3n) is 4.24. The molecule has 0 aliphatic carbocycles. The molecule has 0 aliphatic rings. The Bertz CT molecular complexity index is 1290. The van der Waals surface area contributed by atoms with Gasteiger partial charge in [-0.05, 0) is 24.3 Å². The van der Waals surface area contributed by atoms with Crippen molar-refractivity contribution in [2.75, 3.05) is 0 Å². The summed E-state index contributed by atoms with van der Waals surface area (Å²) in [6, 6.07) is 17.2. The van der Waals surface area contributed by atoms with Crippen molar-refractivity contribution in [3.63, 3.8) is 0 Å². The van der Waals surface area contributed by atoms with Gasteiger partial charge in [0, 0.05) is 0 Å². The van der Waals surface area contributed by atoms with E-state index in [1.54, 1.807) is 16.9 Å². The lowest BCUT2D eigenvalue weighted by atomic mass is 10.2. The number of aromatic nitrogens is 6. The fourth-order valence-corrected chi connectivity index (χ4v) is 3.91. The minimum absolute atomic E-state index is 0.399. The maximum Gasteiger partial charge on any atom is 0.259 e. The number of hydrogen-bond acceptors (Lipinski definition) is 7. The number of nitrogens with zero attached hydrogens (tertiary/aromatic N) is 6. The predicted molar refractivity (Wildman–Crippen MR) is 111 cm³/mol. The van der Waals surface area contributed by atoms with Crippen molar-refractivity contribution >= 4 is 34.4 Å². The molecule has 142 valence electrons. The van der Waals surface area contributed by atoms with E-state index in [-0.39, 0.29) is 0 Å². The molecule has 7 nitrogen and oxygen atoms in total. The molecule has 0 bridgehead atoms. The lowest BCUT2D eigenvalue weighted by Crippen LogP contribution is -1.97. The first kappa shape index (κ1) is 17.8. The highest BCUT2D eigenvalue weighted by Crippen LogP contribution is 2.30. The molecule has 5 rings (SSSR count). The van der Waals surface area contributed by atoms with Gasteiger partial charge >= 0.3 is 0 Å². The van der Waals surface area contributed by atoms with Crippen molar-refractivity contribution in [1.82, 2.24) is 29.9 Å². The van der Waals surface area contributed by atoms with E-state index < -0.39 is 0 Å². The maximum atomic E-state index is 6.20. The molecule has 0 radical (unpaired) electrons. The fraction of sp³-hybridized carbons (Fsp3) is 0.0500. The zero-order valence-electron chi connectivity index (χ0n) is 14.9. The average molecular weight is 421 g/mol. The summed E-state index contributed by atoms with van der Waals surface area (Å²) >= 11 is 7.70. The first-order chi connectivity index (χ1) is 14.3. The Hall–Kier alpha value is -3.23. The van der Waals surface area contributed by atoms with Gasteiger partial charge in [0.15, 0.2) is 11.5 Å². The van der Waals surface area contributed by atoms with Crippen LogP contribution in [-0.2, 0) is 5.75 Å². The van der Waals surface area contributed by atoms with Gasteiger partial charge in [-0.2, -0.15) is 10.1 Å². The normalized spacial score (nSPS) is 11.2. The zero-order valence-corrected chi connectivity index (χ0v) is 16.5. The number of hydrogen-bond donors (Lipinski definition) is 0. The quantitative estimate of drug-likeness (QED) is 0.298. The second kappa shape index (κ2) is 7.65. The number of fused-ring (bicyclic) bond motifs is 1. The van der Waals surface area contributed by atoms with Crippen LogP contribution in [0.5, 0.6) is 0 Å². The molecule has 0 N–H and O–H groups in total. The lowest BCUT2D eigenvalue weighted by Gasteiger charge is -2.03. The maximum absolute atomic E-state index is 6.20. The Balaban J connectivity index is 1.39. The topological polar surface area (TPSA) is 82.5 Å². The molecule has 3 heterocycles. The molecule has 9 heteroatoms. The number of benzene rings is 2. The minimum atomic E-state index is 0.399. The van der Waals surface area contributed by atoms with Crippen LogP contribution in [0.15, 0.2) is 76.7 Å². The van der Waals surface area contributed by atoms with Crippen LogP contribution in [-0.4, -0.2) is 29.9 Å². The summed E-state index contributed by atoms with van der Waals surface area (Å²) in [4.78, 5) is 13.2. The summed E-state index contributed by atoms with van der Waals surface area (Å²) in [5.41, 5.74) is 2.41. The first-order valence-corrected chi connectivity index (χ1v) is 10.1. The Kier molecular flexibility index (Phi) is 4.71. The van der Waals surface area contributed by atoms with Crippen molar-refractivity contribution in [2.45, 2.75) is 10.8 Å². The van der Waals surface area contributed by atoms with E-state index >= 15 is 0 Å². The molecule has 2 aromatic carbocycles. The summed E-state index contributed by atoms with van der Waals surface area (Å²) in [5, 5.41) is 10.8. The van der Waals surface area contributed by atoms with Gasteiger partial charge in [-0.15, -0.1) is 0 Å². The summed E-state index contributed by atoms with van der Waals surface area (Å²) in [6.07, 6.45) is 3.31. The third kappa shape index (κ3) is 3.48. The van der Waals surface area contributed by atoms with Gasteiger partial charge in [0.2, 0.25) is 0 Å². The van der Waals surface area contributed by atoms with Gasteiger partial charge in [0.25, 0.3) is 5.89 Å². The monoisotopic (exact) mass is 420 g/mol. The van der Waals surface area contributed by atoms with Crippen LogP contribution >= 0.6 is 23.4 Å². The summed E-state index contributed by atoms with van der Waals surface area (Å²) in [5.74, 6) is 1.46. The SMILES string of the molecule is Clc1ccccc1-c1nc(CSc2ncnc3c2cnn3-c2ccccc2)no1. The molecule has 0 saturated carbocycles. The van der Waals surface area contributed by atoms with E-state index in [4.69, 9.17) is 16.1 Å². The second-order valence-electron chi connectivity index (χ2n) is 6.09. The highest BCUT2D eigenvalue weighted by Gasteiger charge is 2.15. The van der Waals surface area contributed by atoms with Gasteiger partial charge in [-0.3, -0.25) is 0 Å². The Labute approximate surface area is 174 Å².